The van der Waals surface area contributed by atoms with Gasteiger partial charge in [-0.15, -0.1) is 0 Å². The van der Waals surface area contributed by atoms with Crippen LogP contribution in [-0.4, -0.2) is 47.2 Å². The third kappa shape index (κ3) is 4.34. The molecule has 7 heteroatoms. The zero-order chi connectivity index (χ0) is 15.1. The Labute approximate surface area is 121 Å². The average Bonchev–Trinajstić information content (AvgIpc) is 2.42. The Morgan fingerprint density at radius 1 is 1.45 bits per heavy atom. The fourth-order valence-electron chi connectivity index (χ4n) is 1.57. The largest absolute Gasteiger partial charge is 0.504 e. The highest BCUT2D eigenvalue weighted by atomic mass is 32.2. The molecule has 6 nitrogen and oxygen atoms in total. The number of carboxylic acid groups (broad SMARTS) is 1. The molecule has 0 saturated heterocycles. The summed E-state index contributed by atoms with van der Waals surface area (Å²) in [4.78, 5) is 23.0. The first-order valence-corrected chi connectivity index (χ1v) is 7.28. The van der Waals surface area contributed by atoms with E-state index in [2.05, 4.69) is 5.32 Å². The molecular formula is C13H17NO5S. The van der Waals surface area contributed by atoms with E-state index in [1.165, 1.54) is 37.1 Å². The van der Waals surface area contributed by atoms with Crippen LogP contribution < -0.4 is 10.1 Å². The van der Waals surface area contributed by atoms with E-state index < -0.39 is 17.9 Å². The maximum absolute atomic E-state index is 11.9. The van der Waals surface area contributed by atoms with E-state index in [4.69, 9.17) is 9.84 Å². The number of ether oxygens (including phenoxy) is 1. The highest BCUT2D eigenvalue weighted by molar-refractivity contribution is 7.98. The van der Waals surface area contributed by atoms with E-state index in [-0.39, 0.29) is 17.1 Å². The predicted molar refractivity (Wildman–Crippen MR) is 76.5 cm³/mol. The number of aromatic hydroxyl groups is 1. The summed E-state index contributed by atoms with van der Waals surface area (Å²) in [6.07, 6.45) is 2.20. The van der Waals surface area contributed by atoms with Crippen molar-refractivity contribution in [3.8, 4) is 11.5 Å². The lowest BCUT2D eigenvalue weighted by molar-refractivity contribution is -0.139. The lowest BCUT2D eigenvalue weighted by atomic mass is 10.1. The van der Waals surface area contributed by atoms with E-state index in [1.54, 1.807) is 0 Å². The maximum atomic E-state index is 11.9. The van der Waals surface area contributed by atoms with Crippen LogP contribution in [0.5, 0.6) is 11.5 Å². The molecule has 1 aromatic rings. The first-order chi connectivity index (χ1) is 9.49. The van der Waals surface area contributed by atoms with Gasteiger partial charge in [0, 0.05) is 5.56 Å². The summed E-state index contributed by atoms with van der Waals surface area (Å²) >= 11 is 1.51. The number of nitrogens with one attached hydrogen (secondary N) is 1. The van der Waals surface area contributed by atoms with Crippen LogP contribution in [0.25, 0.3) is 0 Å². The number of benzene rings is 1. The molecule has 0 aromatic heterocycles. The molecule has 110 valence electrons. The van der Waals surface area contributed by atoms with Crippen molar-refractivity contribution in [2.24, 2.45) is 0 Å². The summed E-state index contributed by atoms with van der Waals surface area (Å²) in [5.41, 5.74) is 0.179. The number of hydrogen-bond acceptors (Lipinski definition) is 5. The molecule has 0 aliphatic rings. The molecule has 0 spiro atoms. The van der Waals surface area contributed by atoms with Gasteiger partial charge in [0.25, 0.3) is 5.91 Å². The minimum Gasteiger partial charge on any atom is -0.504 e. The van der Waals surface area contributed by atoms with E-state index in [0.29, 0.717) is 12.2 Å². The monoisotopic (exact) mass is 299 g/mol. The molecule has 0 saturated carbocycles. The number of hydrogen-bond donors (Lipinski definition) is 3. The minimum absolute atomic E-state index is 0.170. The number of carbonyl (C=O) groups is 2. The van der Waals surface area contributed by atoms with E-state index >= 15 is 0 Å². The number of methoxy groups -OCH3 is 1. The number of thioether (sulfide) groups is 1. The van der Waals surface area contributed by atoms with E-state index in [1.807, 2.05) is 6.26 Å². The van der Waals surface area contributed by atoms with Crippen molar-refractivity contribution in [2.45, 2.75) is 12.5 Å². The second kappa shape index (κ2) is 7.64. The van der Waals surface area contributed by atoms with Crippen LogP contribution in [0.4, 0.5) is 0 Å². The van der Waals surface area contributed by atoms with Crippen LogP contribution in [-0.2, 0) is 4.79 Å². The molecule has 3 N–H and O–H groups in total. The van der Waals surface area contributed by atoms with Crippen LogP contribution in [0.3, 0.4) is 0 Å². The third-order valence-electron chi connectivity index (χ3n) is 2.66. The number of carbonyl (C=O) groups excluding carboxylic acids is 1. The molecule has 1 aromatic carbocycles. The number of rotatable bonds is 7. The molecule has 0 aliphatic carbocycles. The quantitative estimate of drug-likeness (QED) is 0.703. The van der Waals surface area contributed by atoms with Gasteiger partial charge in [0.05, 0.1) is 7.11 Å². The van der Waals surface area contributed by atoms with Gasteiger partial charge < -0.3 is 20.3 Å². The Morgan fingerprint density at radius 3 is 2.65 bits per heavy atom. The van der Waals surface area contributed by atoms with Gasteiger partial charge >= 0.3 is 5.97 Å². The summed E-state index contributed by atoms with van der Waals surface area (Å²) in [6.45, 7) is 0. The van der Waals surface area contributed by atoms with Gasteiger partial charge in [0.15, 0.2) is 11.5 Å². The van der Waals surface area contributed by atoms with Crippen molar-refractivity contribution in [2.75, 3.05) is 19.1 Å². The summed E-state index contributed by atoms with van der Waals surface area (Å²) < 4.78 is 4.87. The molecule has 0 unspecified atom stereocenters. The van der Waals surface area contributed by atoms with Crippen molar-refractivity contribution in [3.63, 3.8) is 0 Å². The number of amides is 1. The Morgan fingerprint density at radius 2 is 2.15 bits per heavy atom. The first-order valence-electron chi connectivity index (χ1n) is 5.89. The second-order valence-corrected chi connectivity index (χ2v) is 5.02. The van der Waals surface area contributed by atoms with Crippen LogP contribution >= 0.6 is 11.8 Å². The van der Waals surface area contributed by atoms with Gasteiger partial charge in [-0.05, 0) is 36.6 Å². The van der Waals surface area contributed by atoms with Gasteiger partial charge in [-0.25, -0.2) is 4.79 Å². The maximum Gasteiger partial charge on any atom is 0.326 e. The summed E-state index contributed by atoms with van der Waals surface area (Å²) in [7, 11) is 1.40. The Bertz CT molecular complexity index is 492. The number of carboxylic acids is 1. The fraction of sp³-hybridized carbons (Fsp3) is 0.385. The van der Waals surface area contributed by atoms with E-state index in [0.717, 1.165) is 0 Å². The SMILES string of the molecule is COc1ccc(C(=O)N[C@H](CCSC)C(=O)O)cc1O. The van der Waals surface area contributed by atoms with Gasteiger partial charge in [0.2, 0.25) is 0 Å². The normalized spacial score (nSPS) is 11.7. The molecule has 0 radical (unpaired) electrons. The minimum atomic E-state index is -1.08. The third-order valence-corrected chi connectivity index (χ3v) is 3.30. The van der Waals surface area contributed by atoms with E-state index in [9.17, 15) is 14.7 Å². The van der Waals surface area contributed by atoms with Crippen LogP contribution in [0.1, 0.15) is 16.8 Å². The molecular weight excluding hydrogens is 282 g/mol. The number of phenolic OH excluding ortho intramolecular Hbond substituents is 1. The van der Waals surface area contributed by atoms with Crippen LogP contribution in [0.2, 0.25) is 0 Å². The highest BCUT2D eigenvalue weighted by Gasteiger charge is 2.20. The molecule has 0 fully saturated rings. The zero-order valence-electron chi connectivity index (χ0n) is 11.3. The Hall–Kier alpha value is -1.89. The molecule has 1 rings (SSSR count). The Kier molecular flexibility index (Phi) is 6.17. The number of aliphatic carboxylic acids is 1. The van der Waals surface area contributed by atoms with Crippen molar-refractivity contribution >= 4 is 23.6 Å². The molecule has 0 heterocycles. The first kappa shape index (κ1) is 16.2. The topological polar surface area (TPSA) is 95.9 Å². The molecule has 0 bridgehead atoms. The molecule has 1 amide bonds. The van der Waals surface area contributed by atoms with Gasteiger partial charge in [-0.1, -0.05) is 0 Å². The Balaban J connectivity index is 2.78. The summed E-state index contributed by atoms with van der Waals surface area (Å²) in [5.74, 6) is -0.915. The second-order valence-electron chi connectivity index (χ2n) is 4.03. The van der Waals surface area contributed by atoms with Gasteiger partial charge in [-0.2, -0.15) is 11.8 Å². The van der Waals surface area contributed by atoms with Crippen LogP contribution in [0, 0.1) is 0 Å². The molecule has 20 heavy (non-hydrogen) atoms. The lowest BCUT2D eigenvalue weighted by Crippen LogP contribution is -2.41. The van der Waals surface area contributed by atoms with Crippen molar-refractivity contribution in [1.29, 1.82) is 0 Å². The van der Waals surface area contributed by atoms with Crippen molar-refractivity contribution < 1.29 is 24.5 Å². The predicted octanol–water partition coefficient (Wildman–Crippen LogP) is 1.34. The van der Waals surface area contributed by atoms with Gasteiger partial charge in [0.1, 0.15) is 6.04 Å². The summed E-state index contributed by atoms with van der Waals surface area (Å²) in [6, 6.07) is 3.20. The van der Waals surface area contributed by atoms with Gasteiger partial charge in [-0.3, -0.25) is 4.79 Å². The zero-order valence-corrected chi connectivity index (χ0v) is 12.1. The molecule has 0 aliphatic heterocycles. The lowest BCUT2D eigenvalue weighted by Gasteiger charge is -2.14. The standard InChI is InChI=1S/C13H17NO5S/c1-19-11-4-3-8(7-10(11)15)12(16)14-9(13(17)18)5-6-20-2/h3-4,7,9,15H,5-6H2,1-2H3,(H,14,16)(H,17,18)/t9-/m1/s1. The van der Waals surface area contributed by atoms with Crippen molar-refractivity contribution in [3.05, 3.63) is 23.8 Å². The average molecular weight is 299 g/mol. The van der Waals surface area contributed by atoms with Crippen LogP contribution in [0.15, 0.2) is 18.2 Å². The number of phenols is 1. The highest BCUT2D eigenvalue weighted by Crippen LogP contribution is 2.26. The molecule has 1 atom stereocenters. The fourth-order valence-corrected chi connectivity index (χ4v) is 2.04. The smallest absolute Gasteiger partial charge is 0.326 e. The van der Waals surface area contributed by atoms with Crippen molar-refractivity contribution in [1.82, 2.24) is 5.32 Å². The summed E-state index contributed by atoms with van der Waals surface area (Å²) in [5, 5.41) is 21.1.